The van der Waals surface area contributed by atoms with E-state index < -0.39 is 0 Å². The Morgan fingerprint density at radius 1 is 1.38 bits per heavy atom. The zero-order valence-electron chi connectivity index (χ0n) is 8.51. The first-order valence-electron chi connectivity index (χ1n) is 4.98. The molecule has 0 aliphatic carbocycles. The fraction of sp³-hybridized carbons (Fsp3) is 0.900. The summed E-state index contributed by atoms with van der Waals surface area (Å²) in [5.74, 6) is 0.0820. The highest BCUT2D eigenvalue weighted by Crippen LogP contribution is 2.14. The van der Waals surface area contributed by atoms with Crippen LogP contribution in [0.2, 0.25) is 0 Å². The van der Waals surface area contributed by atoms with Crippen molar-refractivity contribution in [2.75, 3.05) is 11.9 Å². The summed E-state index contributed by atoms with van der Waals surface area (Å²) in [5.41, 5.74) is 0. The maximum Gasteiger partial charge on any atom is 0.308 e. The Bertz CT molecular complexity index is 137. The Labute approximate surface area is 89.2 Å². The van der Waals surface area contributed by atoms with Crippen LogP contribution in [0.1, 0.15) is 39.5 Å². The summed E-state index contributed by atoms with van der Waals surface area (Å²) in [6, 6.07) is 0. The summed E-state index contributed by atoms with van der Waals surface area (Å²) < 4.78 is 4.97. The van der Waals surface area contributed by atoms with Crippen LogP contribution >= 0.6 is 15.9 Å². The molecule has 13 heavy (non-hydrogen) atoms. The predicted molar refractivity (Wildman–Crippen MR) is 58.1 cm³/mol. The molecule has 0 radical (unpaired) electrons. The summed E-state index contributed by atoms with van der Waals surface area (Å²) in [6.07, 6.45) is 4.08. The molecule has 0 N–H and O–H groups in total. The van der Waals surface area contributed by atoms with Crippen molar-refractivity contribution in [1.29, 1.82) is 0 Å². The molecule has 2 nitrogen and oxygen atoms in total. The molecule has 0 bridgehead atoms. The third-order valence-corrected chi connectivity index (χ3v) is 2.61. The Morgan fingerprint density at radius 2 is 2.08 bits per heavy atom. The fourth-order valence-corrected chi connectivity index (χ4v) is 1.63. The van der Waals surface area contributed by atoms with Gasteiger partial charge in [0.25, 0.3) is 0 Å². The van der Waals surface area contributed by atoms with E-state index in [4.69, 9.17) is 4.74 Å². The predicted octanol–water partition coefficient (Wildman–Crippen LogP) is 3.14. The number of carbonyl (C=O) groups is 1. The van der Waals surface area contributed by atoms with E-state index in [9.17, 15) is 4.79 Å². The highest BCUT2D eigenvalue weighted by atomic mass is 79.9. The van der Waals surface area contributed by atoms with Crippen molar-refractivity contribution in [3.05, 3.63) is 0 Å². The van der Waals surface area contributed by atoms with Crippen LogP contribution in [0, 0.1) is 5.92 Å². The number of hydrogen-bond acceptors (Lipinski definition) is 2. The van der Waals surface area contributed by atoms with Crippen molar-refractivity contribution in [2.45, 2.75) is 39.5 Å². The van der Waals surface area contributed by atoms with Gasteiger partial charge in [-0.1, -0.05) is 29.3 Å². The second-order valence-electron chi connectivity index (χ2n) is 3.04. The summed E-state index contributed by atoms with van der Waals surface area (Å²) in [6.45, 7) is 4.38. The fourth-order valence-electron chi connectivity index (χ4n) is 1.23. The molecular formula is C10H19BrO2. The molecule has 0 aromatic heterocycles. The van der Waals surface area contributed by atoms with Crippen molar-refractivity contribution in [2.24, 2.45) is 5.92 Å². The Kier molecular flexibility index (Phi) is 8.51. The van der Waals surface area contributed by atoms with Gasteiger partial charge in [-0.2, -0.15) is 0 Å². The van der Waals surface area contributed by atoms with Crippen LogP contribution in [0.3, 0.4) is 0 Å². The molecule has 1 unspecified atom stereocenters. The van der Waals surface area contributed by atoms with Crippen molar-refractivity contribution < 1.29 is 9.53 Å². The van der Waals surface area contributed by atoms with E-state index in [1.165, 1.54) is 0 Å². The van der Waals surface area contributed by atoms with E-state index >= 15 is 0 Å². The van der Waals surface area contributed by atoms with E-state index in [-0.39, 0.29) is 11.9 Å². The minimum Gasteiger partial charge on any atom is -0.466 e. The highest BCUT2D eigenvalue weighted by molar-refractivity contribution is 9.09. The quantitative estimate of drug-likeness (QED) is 0.394. The average Bonchev–Trinajstić information content (AvgIpc) is 2.13. The molecule has 0 aromatic carbocycles. The zero-order valence-corrected chi connectivity index (χ0v) is 10.1. The lowest BCUT2D eigenvalue weighted by Gasteiger charge is -2.12. The Hall–Kier alpha value is -0.0500. The molecule has 0 spiro atoms. The van der Waals surface area contributed by atoms with Gasteiger partial charge in [-0.25, -0.2) is 0 Å². The number of halogens is 1. The van der Waals surface area contributed by atoms with Gasteiger partial charge >= 0.3 is 5.97 Å². The number of alkyl halides is 1. The van der Waals surface area contributed by atoms with E-state index in [0.29, 0.717) is 6.61 Å². The molecule has 0 aromatic rings. The number of hydrogen-bond donors (Lipinski definition) is 0. The normalized spacial score (nSPS) is 12.5. The summed E-state index contributed by atoms with van der Waals surface area (Å²) in [7, 11) is 0. The lowest BCUT2D eigenvalue weighted by molar-refractivity contribution is -0.148. The van der Waals surface area contributed by atoms with Gasteiger partial charge in [0.05, 0.1) is 12.5 Å². The standard InChI is InChI=1S/C10H19BrO2/c1-3-9(7-5-6-8-11)10(12)13-4-2/h9H,3-8H2,1-2H3. The van der Waals surface area contributed by atoms with Crippen molar-refractivity contribution in [3.63, 3.8) is 0 Å². The molecule has 0 aliphatic heterocycles. The van der Waals surface area contributed by atoms with Gasteiger partial charge in [-0.3, -0.25) is 4.79 Å². The van der Waals surface area contributed by atoms with Gasteiger partial charge in [-0.15, -0.1) is 0 Å². The van der Waals surface area contributed by atoms with Gasteiger partial charge in [-0.05, 0) is 26.2 Å². The van der Waals surface area contributed by atoms with Gasteiger partial charge in [0.2, 0.25) is 0 Å². The van der Waals surface area contributed by atoms with Crippen LogP contribution in [0.25, 0.3) is 0 Å². The van der Waals surface area contributed by atoms with Crippen LogP contribution in [0.15, 0.2) is 0 Å². The SMILES string of the molecule is CCOC(=O)C(CC)CCCCBr. The van der Waals surface area contributed by atoms with Gasteiger partial charge in [0.15, 0.2) is 0 Å². The Balaban J connectivity index is 3.67. The topological polar surface area (TPSA) is 26.3 Å². The number of carbonyl (C=O) groups excluding carboxylic acids is 1. The monoisotopic (exact) mass is 250 g/mol. The molecule has 0 rings (SSSR count). The van der Waals surface area contributed by atoms with Crippen LogP contribution in [-0.4, -0.2) is 17.9 Å². The second-order valence-corrected chi connectivity index (χ2v) is 3.83. The van der Waals surface area contributed by atoms with Crippen LogP contribution in [-0.2, 0) is 9.53 Å². The van der Waals surface area contributed by atoms with Gasteiger partial charge in [0, 0.05) is 5.33 Å². The molecule has 0 amide bonds. The maximum atomic E-state index is 11.3. The number of unbranched alkanes of at least 4 members (excludes halogenated alkanes) is 1. The molecule has 0 aliphatic rings. The smallest absolute Gasteiger partial charge is 0.308 e. The summed E-state index contributed by atoms with van der Waals surface area (Å²) >= 11 is 3.37. The molecular weight excluding hydrogens is 232 g/mol. The first-order chi connectivity index (χ1) is 6.26. The number of esters is 1. The van der Waals surface area contributed by atoms with Crippen molar-refractivity contribution in [3.8, 4) is 0 Å². The average molecular weight is 251 g/mol. The number of rotatable bonds is 7. The summed E-state index contributed by atoms with van der Waals surface area (Å²) in [5, 5.41) is 1.02. The molecule has 1 atom stereocenters. The largest absolute Gasteiger partial charge is 0.466 e. The molecule has 0 heterocycles. The second kappa shape index (κ2) is 8.54. The van der Waals surface area contributed by atoms with Gasteiger partial charge < -0.3 is 4.74 Å². The van der Waals surface area contributed by atoms with E-state index in [2.05, 4.69) is 15.9 Å². The van der Waals surface area contributed by atoms with Crippen LogP contribution in [0.5, 0.6) is 0 Å². The first kappa shape index (κ1) is 12.9. The first-order valence-corrected chi connectivity index (χ1v) is 6.11. The zero-order chi connectivity index (χ0) is 10.1. The third kappa shape index (κ3) is 6.08. The lowest BCUT2D eigenvalue weighted by atomic mass is 10.00. The number of ether oxygens (including phenoxy) is 1. The lowest BCUT2D eigenvalue weighted by Crippen LogP contribution is -2.17. The van der Waals surface area contributed by atoms with Crippen LogP contribution in [0.4, 0.5) is 0 Å². The molecule has 0 fully saturated rings. The van der Waals surface area contributed by atoms with Crippen molar-refractivity contribution in [1.82, 2.24) is 0 Å². The van der Waals surface area contributed by atoms with E-state index in [0.717, 1.165) is 31.0 Å². The van der Waals surface area contributed by atoms with E-state index in [1.54, 1.807) is 0 Å². The van der Waals surface area contributed by atoms with Crippen LogP contribution < -0.4 is 0 Å². The molecule has 3 heteroatoms. The highest BCUT2D eigenvalue weighted by Gasteiger charge is 2.16. The van der Waals surface area contributed by atoms with E-state index in [1.807, 2.05) is 13.8 Å². The Morgan fingerprint density at radius 3 is 2.54 bits per heavy atom. The maximum absolute atomic E-state index is 11.3. The van der Waals surface area contributed by atoms with Crippen molar-refractivity contribution >= 4 is 21.9 Å². The minimum absolute atomic E-state index is 0.0282. The van der Waals surface area contributed by atoms with Gasteiger partial charge in [0.1, 0.15) is 0 Å². The molecule has 0 saturated heterocycles. The molecule has 78 valence electrons. The minimum atomic E-state index is -0.0282. The molecule has 0 saturated carbocycles. The third-order valence-electron chi connectivity index (χ3n) is 2.05. The summed E-state index contributed by atoms with van der Waals surface area (Å²) in [4.78, 5) is 11.3.